The Bertz CT molecular complexity index is 1080. The predicted molar refractivity (Wildman–Crippen MR) is 115 cm³/mol. The maximum atomic E-state index is 14.3. The number of carbonyl (C=O) groups is 1. The molecule has 1 aromatic carbocycles. The van der Waals surface area contributed by atoms with Gasteiger partial charge >= 0.3 is 0 Å². The number of pyridine rings is 1. The number of likely N-dealkylation sites (tertiary alicyclic amines) is 1. The first-order chi connectivity index (χ1) is 15.4. The van der Waals surface area contributed by atoms with Crippen LogP contribution in [0.2, 0.25) is 0 Å². The molecule has 0 spiro atoms. The Hall–Kier alpha value is -3.05. The van der Waals surface area contributed by atoms with E-state index in [1.54, 1.807) is 12.3 Å². The van der Waals surface area contributed by atoms with E-state index in [0.717, 1.165) is 18.3 Å². The fraction of sp³-hybridized carbons (Fsp3) is 0.458. The van der Waals surface area contributed by atoms with E-state index in [0.29, 0.717) is 48.5 Å². The van der Waals surface area contributed by atoms with Gasteiger partial charge in [0, 0.05) is 43.0 Å². The number of nitrogens with zero attached hydrogens (tertiary/aromatic N) is 4. The van der Waals surface area contributed by atoms with E-state index in [2.05, 4.69) is 28.2 Å². The largest absolute Gasteiger partial charge is 0.347 e. The second kappa shape index (κ2) is 8.14. The van der Waals surface area contributed by atoms with Crippen LogP contribution in [0.4, 0.5) is 14.6 Å². The highest BCUT2D eigenvalue weighted by Gasteiger charge is 2.46. The van der Waals surface area contributed by atoms with Gasteiger partial charge in [0.1, 0.15) is 23.5 Å². The molecule has 32 heavy (non-hydrogen) atoms. The molecule has 5 rings (SSSR count). The molecule has 8 heteroatoms. The first-order valence-electron chi connectivity index (χ1n) is 11.1. The quantitative estimate of drug-likeness (QED) is 0.796. The van der Waals surface area contributed by atoms with Crippen LogP contribution < -0.4 is 10.2 Å². The highest BCUT2D eigenvalue weighted by atomic mass is 19.1. The maximum absolute atomic E-state index is 14.3. The number of benzene rings is 1. The van der Waals surface area contributed by atoms with Crippen molar-refractivity contribution < 1.29 is 13.6 Å². The number of hydrogen-bond acceptors (Lipinski definition) is 5. The van der Waals surface area contributed by atoms with Crippen molar-refractivity contribution in [3.8, 4) is 6.07 Å². The lowest BCUT2D eigenvalue weighted by atomic mass is 10.0. The summed E-state index contributed by atoms with van der Waals surface area (Å²) in [6.45, 7) is 3.55. The minimum atomic E-state index is -0.558. The van der Waals surface area contributed by atoms with Crippen LogP contribution >= 0.6 is 0 Å². The number of aromatic nitrogens is 1. The summed E-state index contributed by atoms with van der Waals surface area (Å²) in [5.41, 5.74) is 1.70. The second-order valence-electron chi connectivity index (χ2n) is 9.09. The van der Waals surface area contributed by atoms with Crippen molar-refractivity contribution in [1.82, 2.24) is 15.2 Å². The molecule has 3 aliphatic rings. The summed E-state index contributed by atoms with van der Waals surface area (Å²) in [4.78, 5) is 21.6. The predicted octanol–water partition coefficient (Wildman–Crippen LogP) is 2.93. The fourth-order valence-corrected chi connectivity index (χ4v) is 5.60. The van der Waals surface area contributed by atoms with Gasteiger partial charge in [-0.15, -0.1) is 0 Å². The summed E-state index contributed by atoms with van der Waals surface area (Å²) in [6, 6.07) is 8.13. The molecule has 6 nitrogen and oxygen atoms in total. The molecule has 4 atom stereocenters. The molecule has 1 amide bonds. The molecule has 0 saturated carbocycles. The van der Waals surface area contributed by atoms with Gasteiger partial charge in [0.05, 0.1) is 18.2 Å². The molecule has 3 heterocycles. The molecule has 166 valence electrons. The molecule has 2 fully saturated rings. The number of carbonyl (C=O) groups excluding carboxylic acids is 1. The topological polar surface area (TPSA) is 72.3 Å². The Labute approximate surface area is 185 Å². The van der Waals surface area contributed by atoms with Gasteiger partial charge in [-0.2, -0.15) is 5.26 Å². The van der Waals surface area contributed by atoms with Crippen LogP contribution in [0.25, 0.3) is 0 Å². The Kier molecular flexibility index (Phi) is 5.30. The van der Waals surface area contributed by atoms with Gasteiger partial charge in [-0.3, -0.25) is 4.79 Å². The Balaban J connectivity index is 1.24. The van der Waals surface area contributed by atoms with Gasteiger partial charge in [0.2, 0.25) is 5.91 Å². The monoisotopic (exact) mass is 437 g/mol. The molecule has 2 aliphatic heterocycles. The lowest BCUT2D eigenvalue weighted by molar-refractivity contribution is -0.131. The van der Waals surface area contributed by atoms with Gasteiger partial charge in [0.25, 0.3) is 0 Å². The minimum Gasteiger partial charge on any atom is -0.347 e. The lowest BCUT2D eigenvalue weighted by Gasteiger charge is -2.42. The van der Waals surface area contributed by atoms with E-state index >= 15 is 0 Å². The van der Waals surface area contributed by atoms with Crippen LogP contribution in [0.3, 0.4) is 0 Å². The van der Waals surface area contributed by atoms with E-state index in [1.807, 2.05) is 11.0 Å². The summed E-state index contributed by atoms with van der Waals surface area (Å²) in [5, 5.41) is 12.2. The number of piperazine rings is 1. The van der Waals surface area contributed by atoms with Crippen LogP contribution in [-0.4, -0.2) is 47.5 Å². The van der Waals surface area contributed by atoms with E-state index in [9.17, 15) is 13.6 Å². The first kappa shape index (κ1) is 20.8. The fourth-order valence-electron chi connectivity index (χ4n) is 5.60. The third-order valence-corrected chi connectivity index (χ3v) is 7.11. The molecule has 2 saturated heterocycles. The number of rotatable bonds is 4. The highest BCUT2D eigenvalue weighted by Crippen LogP contribution is 2.38. The molecule has 3 unspecified atom stereocenters. The van der Waals surface area contributed by atoms with Crippen LogP contribution in [0.15, 0.2) is 30.5 Å². The maximum Gasteiger partial charge on any atom is 0.236 e. The summed E-state index contributed by atoms with van der Waals surface area (Å²) in [5.74, 6) is 0.167. The summed E-state index contributed by atoms with van der Waals surface area (Å²) in [6.07, 6.45) is 3.83. The second-order valence-corrected chi connectivity index (χ2v) is 9.09. The average molecular weight is 437 g/mol. The third kappa shape index (κ3) is 3.61. The summed E-state index contributed by atoms with van der Waals surface area (Å²) < 4.78 is 27.7. The van der Waals surface area contributed by atoms with Gasteiger partial charge in [-0.1, -0.05) is 6.92 Å². The van der Waals surface area contributed by atoms with E-state index in [4.69, 9.17) is 5.26 Å². The number of anilines is 1. The van der Waals surface area contributed by atoms with Crippen LogP contribution in [0, 0.1) is 28.9 Å². The van der Waals surface area contributed by atoms with Gasteiger partial charge in [-0.05, 0) is 48.9 Å². The number of hydrogen-bond donors (Lipinski definition) is 1. The van der Waals surface area contributed by atoms with E-state index < -0.39 is 11.6 Å². The van der Waals surface area contributed by atoms with Gasteiger partial charge in [-0.25, -0.2) is 13.8 Å². The Morgan fingerprint density at radius 1 is 1.31 bits per heavy atom. The zero-order valence-electron chi connectivity index (χ0n) is 17.9. The number of nitriles is 1. The number of amides is 1. The van der Waals surface area contributed by atoms with Crippen LogP contribution in [0.5, 0.6) is 0 Å². The normalized spacial score (nSPS) is 26.2. The van der Waals surface area contributed by atoms with Crippen molar-refractivity contribution in [2.45, 2.75) is 44.3 Å². The van der Waals surface area contributed by atoms with Crippen molar-refractivity contribution in [3.05, 3.63) is 58.8 Å². The van der Waals surface area contributed by atoms with Crippen molar-refractivity contribution in [2.24, 2.45) is 5.92 Å². The molecule has 1 aromatic heterocycles. The number of fused-ring (bicyclic) bond motifs is 3. The summed E-state index contributed by atoms with van der Waals surface area (Å²) >= 11 is 0. The average Bonchev–Trinajstić information content (AvgIpc) is 3.27. The van der Waals surface area contributed by atoms with Crippen molar-refractivity contribution >= 4 is 11.7 Å². The van der Waals surface area contributed by atoms with Crippen molar-refractivity contribution in [3.63, 3.8) is 0 Å². The molecule has 2 aromatic rings. The minimum absolute atomic E-state index is 0.00231. The number of nitrogens with one attached hydrogen (secondary N) is 1. The van der Waals surface area contributed by atoms with Gasteiger partial charge < -0.3 is 15.1 Å². The highest BCUT2D eigenvalue weighted by molar-refractivity contribution is 5.79. The van der Waals surface area contributed by atoms with E-state index in [1.165, 1.54) is 6.07 Å². The standard InChI is InChI=1S/C24H25F2N5O/c1-14-6-18-12-30(13-21(14)31(18)22-5-2-15(9-27)10-29-22)23(32)11-28-20-4-3-16-7-17(25)8-19(26)24(16)20/h2,5,7-8,10,14,18,20-21,28H,3-4,6,11-13H2,1H3/t14-,18?,20?,21?/m1/s1. The summed E-state index contributed by atoms with van der Waals surface area (Å²) in [7, 11) is 0. The van der Waals surface area contributed by atoms with Crippen molar-refractivity contribution in [2.75, 3.05) is 24.5 Å². The SMILES string of the molecule is C[C@@H]1CC2CN(C(=O)CNC3CCc4cc(F)cc(F)c43)CC1N2c1ccc(C#N)cn1. The molecule has 2 bridgehead atoms. The number of aryl methyl sites for hydroxylation is 1. The lowest BCUT2D eigenvalue weighted by Crippen LogP contribution is -2.57. The molecular formula is C24H25F2N5O. The molecule has 1 N–H and O–H groups in total. The van der Waals surface area contributed by atoms with Crippen molar-refractivity contribution in [1.29, 1.82) is 5.26 Å². The first-order valence-corrected chi connectivity index (χ1v) is 11.1. The Morgan fingerprint density at radius 3 is 2.88 bits per heavy atom. The van der Waals surface area contributed by atoms with Crippen LogP contribution in [-0.2, 0) is 11.2 Å². The third-order valence-electron chi connectivity index (χ3n) is 7.11. The van der Waals surface area contributed by atoms with E-state index in [-0.39, 0.29) is 30.6 Å². The van der Waals surface area contributed by atoms with Gasteiger partial charge in [0.15, 0.2) is 0 Å². The zero-order chi connectivity index (χ0) is 22.4. The molecule has 1 aliphatic carbocycles. The Morgan fingerprint density at radius 2 is 2.16 bits per heavy atom. The zero-order valence-corrected chi connectivity index (χ0v) is 17.9. The van der Waals surface area contributed by atoms with Crippen LogP contribution in [0.1, 0.15) is 42.5 Å². The number of halogens is 2. The molecule has 0 radical (unpaired) electrons. The smallest absolute Gasteiger partial charge is 0.236 e. The molecular weight excluding hydrogens is 412 g/mol.